The van der Waals surface area contributed by atoms with Gasteiger partial charge in [-0.05, 0) is 32.0 Å². The molecule has 7 nitrogen and oxygen atoms in total. The molecule has 0 aliphatic rings. The highest BCUT2D eigenvalue weighted by Gasteiger charge is 2.37. The number of amides is 1. The number of rotatable bonds is 2. The van der Waals surface area contributed by atoms with Gasteiger partial charge in [-0.25, -0.2) is 4.98 Å². The second-order valence-electron chi connectivity index (χ2n) is 6.17. The summed E-state index contributed by atoms with van der Waals surface area (Å²) < 4.78 is 41.9. The van der Waals surface area contributed by atoms with Crippen LogP contribution < -0.4 is 11.5 Å². The number of hydrogen-bond donors (Lipinski definition) is 3. The van der Waals surface area contributed by atoms with E-state index >= 15 is 0 Å². The Morgan fingerprint density at radius 1 is 1.32 bits per heavy atom. The minimum Gasteiger partial charge on any atom is -0.508 e. The Balaban J connectivity index is 2.59. The van der Waals surface area contributed by atoms with Gasteiger partial charge >= 0.3 is 6.18 Å². The number of pyridine rings is 1. The summed E-state index contributed by atoms with van der Waals surface area (Å²) in [5.74, 6) is -1.75. The van der Waals surface area contributed by atoms with E-state index in [4.69, 9.17) is 11.5 Å². The summed E-state index contributed by atoms with van der Waals surface area (Å²) in [6.45, 7) is 2.78. The first-order valence-electron chi connectivity index (χ1n) is 7.90. The van der Waals surface area contributed by atoms with E-state index in [2.05, 4.69) is 4.98 Å². The molecule has 0 aliphatic heterocycles. The van der Waals surface area contributed by atoms with Gasteiger partial charge in [0, 0.05) is 10.9 Å². The number of benzene rings is 1. The van der Waals surface area contributed by atoms with Crippen molar-refractivity contribution in [2.75, 3.05) is 5.73 Å². The van der Waals surface area contributed by atoms with Crippen molar-refractivity contribution in [3.63, 3.8) is 0 Å². The van der Waals surface area contributed by atoms with Crippen molar-refractivity contribution in [3.05, 3.63) is 46.1 Å². The Hall–Kier alpha value is -3.74. The molecule has 5 N–H and O–H groups in total. The number of alkyl halides is 3. The lowest BCUT2D eigenvalue weighted by molar-refractivity contribution is -0.137. The minimum absolute atomic E-state index is 0.0445. The number of fused-ring (bicyclic) bond motifs is 1. The van der Waals surface area contributed by atoms with Crippen LogP contribution in [0.1, 0.15) is 32.7 Å². The second kappa shape index (κ2) is 6.16. The number of phenolic OH excluding ortho intramolecular Hbond substituents is 1. The average molecular weight is 389 g/mol. The first-order chi connectivity index (χ1) is 13.0. The van der Waals surface area contributed by atoms with Gasteiger partial charge in [0.1, 0.15) is 23.3 Å². The lowest BCUT2D eigenvalue weighted by Gasteiger charge is -2.19. The number of nitrogens with two attached hydrogens (primary N) is 2. The van der Waals surface area contributed by atoms with Crippen LogP contribution in [-0.2, 0) is 6.18 Å². The number of hydrogen-bond acceptors (Lipinski definition) is 5. The fourth-order valence-corrected chi connectivity index (χ4v) is 3.12. The first kappa shape index (κ1) is 19.0. The van der Waals surface area contributed by atoms with Crippen LogP contribution in [0.3, 0.4) is 0 Å². The number of aryl methyl sites for hydroxylation is 1. The van der Waals surface area contributed by atoms with Gasteiger partial charge in [-0.1, -0.05) is 0 Å². The van der Waals surface area contributed by atoms with Crippen LogP contribution in [0.15, 0.2) is 18.2 Å². The van der Waals surface area contributed by atoms with Crippen LogP contribution in [-0.4, -0.2) is 20.6 Å². The maximum absolute atomic E-state index is 13.6. The zero-order valence-electron chi connectivity index (χ0n) is 14.7. The summed E-state index contributed by atoms with van der Waals surface area (Å²) in [6, 6.07) is 4.83. The smallest absolute Gasteiger partial charge is 0.418 e. The topological polar surface area (TPSA) is 131 Å². The van der Waals surface area contributed by atoms with Crippen molar-refractivity contribution in [1.29, 1.82) is 5.26 Å². The highest BCUT2D eigenvalue weighted by atomic mass is 19.4. The van der Waals surface area contributed by atoms with Crippen LogP contribution in [0.4, 0.5) is 19.0 Å². The van der Waals surface area contributed by atoms with Crippen molar-refractivity contribution in [2.24, 2.45) is 5.73 Å². The maximum Gasteiger partial charge on any atom is 0.418 e. The number of aromatic nitrogens is 2. The molecule has 1 aromatic carbocycles. The molecule has 0 spiro atoms. The Kier molecular flexibility index (Phi) is 4.19. The van der Waals surface area contributed by atoms with Crippen molar-refractivity contribution >= 4 is 22.8 Å². The van der Waals surface area contributed by atoms with Gasteiger partial charge in [0.2, 0.25) is 0 Å². The summed E-state index contributed by atoms with van der Waals surface area (Å²) in [5.41, 5.74) is 9.75. The summed E-state index contributed by atoms with van der Waals surface area (Å²) in [7, 11) is 0. The van der Waals surface area contributed by atoms with E-state index < -0.39 is 29.1 Å². The molecule has 144 valence electrons. The van der Waals surface area contributed by atoms with Crippen molar-refractivity contribution in [1.82, 2.24) is 9.55 Å². The van der Waals surface area contributed by atoms with Crippen LogP contribution in [0, 0.1) is 25.2 Å². The summed E-state index contributed by atoms with van der Waals surface area (Å²) in [4.78, 5) is 16.1. The summed E-state index contributed by atoms with van der Waals surface area (Å²) in [6.07, 6.45) is -4.77. The quantitative estimate of drug-likeness (QED) is 0.620. The van der Waals surface area contributed by atoms with Gasteiger partial charge in [-0.15, -0.1) is 0 Å². The van der Waals surface area contributed by atoms with E-state index in [1.807, 2.05) is 6.07 Å². The zero-order chi connectivity index (χ0) is 21.0. The lowest BCUT2D eigenvalue weighted by atomic mass is 10.1. The molecule has 10 heteroatoms. The number of anilines is 1. The molecule has 0 unspecified atom stereocenters. The van der Waals surface area contributed by atoms with Crippen LogP contribution in [0.5, 0.6) is 5.75 Å². The number of nitriles is 1. The molecule has 0 fully saturated rings. The van der Waals surface area contributed by atoms with Crippen LogP contribution in [0.25, 0.3) is 16.7 Å². The Labute approximate surface area is 156 Å². The van der Waals surface area contributed by atoms with Crippen LogP contribution in [0.2, 0.25) is 0 Å². The van der Waals surface area contributed by atoms with Crippen LogP contribution >= 0.6 is 0 Å². The molecule has 2 heterocycles. The van der Waals surface area contributed by atoms with E-state index in [1.165, 1.54) is 19.9 Å². The third kappa shape index (κ3) is 2.68. The highest BCUT2D eigenvalue weighted by molar-refractivity contribution is 6.11. The predicted molar refractivity (Wildman–Crippen MR) is 94.9 cm³/mol. The number of carbonyl (C=O) groups is 1. The van der Waals surface area contributed by atoms with Gasteiger partial charge in [0.15, 0.2) is 0 Å². The molecule has 0 saturated carbocycles. The number of nitrogen functional groups attached to an aromatic ring is 1. The first-order valence-corrected chi connectivity index (χ1v) is 7.90. The molecular formula is C18H14F3N5O2. The third-order valence-corrected chi connectivity index (χ3v) is 4.47. The molecule has 0 atom stereocenters. The second-order valence-corrected chi connectivity index (χ2v) is 6.17. The average Bonchev–Trinajstić information content (AvgIpc) is 2.86. The Bertz CT molecular complexity index is 1190. The molecule has 3 rings (SSSR count). The van der Waals surface area contributed by atoms with Gasteiger partial charge in [0.25, 0.3) is 5.91 Å². The van der Waals surface area contributed by atoms with E-state index in [0.717, 1.165) is 10.6 Å². The normalized spacial score (nSPS) is 11.6. The largest absolute Gasteiger partial charge is 0.508 e. The fourth-order valence-electron chi connectivity index (χ4n) is 3.12. The maximum atomic E-state index is 13.6. The third-order valence-electron chi connectivity index (χ3n) is 4.47. The van der Waals surface area contributed by atoms with E-state index in [-0.39, 0.29) is 39.2 Å². The van der Waals surface area contributed by atoms with Gasteiger partial charge in [-0.3, -0.25) is 9.36 Å². The molecule has 1 amide bonds. The van der Waals surface area contributed by atoms with Crippen molar-refractivity contribution in [3.8, 4) is 17.5 Å². The van der Waals surface area contributed by atoms with E-state index in [1.54, 1.807) is 0 Å². The Morgan fingerprint density at radius 2 is 1.96 bits per heavy atom. The SMILES string of the molecule is Cc1nc2c(cc1C#N)c(C(N)=O)c(N)n2-c1c(C(F)(F)F)ccc(O)c1C. The Morgan fingerprint density at radius 3 is 2.50 bits per heavy atom. The summed E-state index contributed by atoms with van der Waals surface area (Å²) >= 11 is 0. The van der Waals surface area contributed by atoms with Gasteiger partial charge < -0.3 is 16.6 Å². The van der Waals surface area contributed by atoms with Gasteiger partial charge in [0.05, 0.1) is 28.1 Å². The van der Waals surface area contributed by atoms with Gasteiger partial charge in [-0.2, -0.15) is 18.4 Å². The van der Waals surface area contributed by atoms with Crippen molar-refractivity contribution in [2.45, 2.75) is 20.0 Å². The van der Waals surface area contributed by atoms with E-state index in [9.17, 15) is 28.3 Å². The molecule has 0 bridgehead atoms. The van der Waals surface area contributed by atoms with Crippen molar-refractivity contribution < 1.29 is 23.1 Å². The standard InChI is InChI=1S/C18H14F3N5O2/c1-7-12(27)4-3-11(18(19,20)21)14(7)26-15(23)13(16(24)28)10-5-9(6-22)8(2)25-17(10)26/h3-5,27H,23H2,1-2H3,(H2,24,28). The predicted octanol–water partition coefficient (Wildman–Crippen LogP) is 2.92. The number of primary amides is 1. The number of phenols is 1. The number of nitrogens with zero attached hydrogens (tertiary/aromatic N) is 3. The summed E-state index contributed by atoms with van der Waals surface area (Å²) in [5, 5.41) is 19.2. The molecule has 0 saturated heterocycles. The molecule has 2 aromatic heterocycles. The fraction of sp³-hybridized carbons (Fsp3) is 0.167. The molecule has 3 aromatic rings. The molecular weight excluding hydrogens is 375 g/mol. The minimum atomic E-state index is -4.77. The molecule has 28 heavy (non-hydrogen) atoms. The molecule has 0 radical (unpaired) electrons. The molecule has 0 aliphatic carbocycles. The number of carbonyl (C=O) groups excluding carboxylic acids is 1. The highest BCUT2D eigenvalue weighted by Crippen LogP contribution is 2.42. The monoisotopic (exact) mass is 389 g/mol. The van der Waals surface area contributed by atoms with E-state index in [0.29, 0.717) is 6.07 Å². The lowest BCUT2D eigenvalue weighted by Crippen LogP contribution is -2.16. The zero-order valence-corrected chi connectivity index (χ0v) is 14.7. The number of halogens is 3. The number of aromatic hydroxyl groups is 1.